The molecule has 1 aliphatic rings. The number of piperidine rings is 1. The smallest absolute Gasteiger partial charge is 0.321 e. The number of carbonyl (C=O) groups is 1. The molecule has 0 saturated carbocycles. The molecular weight excluding hydrogens is 252 g/mol. The van der Waals surface area contributed by atoms with Gasteiger partial charge in [-0.15, -0.1) is 0 Å². The number of aromatic nitrogens is 1. The number of amides is 2. The van der Waals surface area contributed by atoms with Crippen LogP contribution in [0.3, 0.4) is 0 Å². The van der Waals surface area contributed by atoms with Crippen LogP contribution in [-0.4, -0.2) is 29.0 Å². The molecule has 1 atom stereocenters. The van der Waals surface area contributed by atoms with Crippen molar-refractivity contribution in [3.8, 4) is 6.07 Å². The Balaban J connectivity index is 2.00. The molecule has 0 aliphatic carbocycles. The fourth-order valence-corrected chi connectivity index (χ4v) is 2.11. The van der Waals surface area contributed by atoms with E-state index in [1.165, 1.54) is 0 Å². The summed E-state index contributed by atoms with van der Waals surface area (Å²) in [6.45, 7) is 1.14. The van der Waals surface area contributed by atoms with E-state index >= 15 is 0 Å². The molecule has 0 unspecified atom stereocenters. The predicted octanol–water partition coefficient (Wildman–Crippen LogP) is 2.50. The summed E-state index contributed by atoms with van der Waals surface area (Å²) in [6.07, 6.45) is 3.27. The monoisotopic (exact) mass is 264 g/mol. The second-order valence-corrected chi connectivity index (χ2v) is 4.54. The Morgan fingerprint density at radius 1 is 1.67 bits per heavy atom. The van der Waals surface area contributed by atoms with Crippen LogP contribution in [0.4, 0.5) is 10.5 Å². The van der Waals surface area contributed by atoms with Gasteiger partial charge in [0.15, 0.2) is 5.15 Å². The van der Waals surface area contributed by atoms with Crippen LogP contribution < -0.4 is 5.32 Å². The van der Waals surface area contributed by atoms with Crippen LogP contribution in [0, 0.1) is 17.2 Å². The molecule has 94 valence electrons. The first kappa shape index (κ1) is 12.7. The molecule has 0 aromatic carbocycles. The van der Waals surface area contributed by atoms with Gasteiger partial charge in [-0.2, -0.15) is 5.26 Å². The Morgan fingerprint density at radius 2 is 2.50 bits per heavy atom. The number of pyridine rings is 1. The summed E-state index contributed by atoms with van der Waals surface area (Å²) < 4.78 is 0. The second kappa shape index (κ2) is 5.69. The third kappa shape index (κ3) is 2.90. The molecule has 0 spiro atoms. The zero-order valence-corrected chi connectivity index (χ0v) is 10.5. The lowest BCUT2D eigenvalue weighted by atomic mass is 10.0. The zero-order chi connectivity index (χ0) is 13.0. The number of hydrogen-bond acceptors (Lipinski definition) is 3. The van der Waals surface area contributed by atoms with Gasteiger partial charge in [-0.3, -0.25) is 0 Å². The number of hydrogen-bond donors (Lipinski definition) is 1. The molecule has 1 fully saturated rings. The Hall–Kier alpha value is -1.80. The van der Waals surface area contributed by atoms with Crippen molar-refractivity contribution in [1.82, 2.24) is 9.88 Å². The molecule has 1 aromatic rings. The molecule has 6 heteroatoms. The van der Waals surface area contributed by atoms with E-state index < -0.39 is 0 Å². The fraction of sp³-hybridized carbons (Fsp3) is 0.417. The number of likely N-dealkylation sites (tertiary alicyclic amines) is 1. The second-order valence-electron chi connectivity index (χ2n) is 4.19. The number of rotatable bonds is 1. The van der Waals surface area contributed by atoms with Crippen molar-refractivity contribution in [3.05, 3.63) is 23.5 Å². The minimum absolute atomic E-state index is 0.0751. The van der Waals surface area contributed by atoms with Crippen LogP contribution in [-0.2, 0) is 0 Å². The summed E-state index contributed by atoms with van der Waals surface area (Å²) in [4.78, 5) is 17.5. The van der Waals surface area contributed by atoms with Crippen molar-refractivity contribution >= 4 is 23.3 Å². The Bertz CT molecular complexity index is 485. The minimum atomic E-state index is -0.232. The molecular formula is C12H13ClN4O. The summed E-state index contributed by atoms with van der Waals surface area (Å²) in [6, 6.07) is 5.37. The Morgan fingerprint density at radius 3 is 3.22 bits per heavy atom. The average Bonchev–Trinajstić information content (AvgIpc) is 2.41. The van der Waals surface area contributed by atoms with E-state index in [0.717, 1.165) is 12.8 Å². The van der Waals surface area contributed by atoms with E-state index in [1.54, 1.807) is 23.2 Å². The van der Waals surface area contributed by atoms with Crippen molar-refractivity contribution < 1.29 is 4.79 Å². The van der Waals surface area contributed by atoms with E-state index in [-0.39, 0.29) is 17.1 Å². The summed E-state index contributed by atoms with van der Waals surface area (Å²) in [5, 5.41) is 11.9. The topological polar surface area (TPSA) is 69.0 Å². The molecule has 18 heavy (non-hydrogen) atoms. The van der Waals surface area contributed by atoms with E-state index in [9.17, 15) is 4.79 Å². The van der Waals surface area contributed by atoms with Crippen molar-refractivity contribution in [1.29, 1.82) is 5.26 Å². The maximum absolute atomic E-state index is 12.0. The molecule has 0 radical (unpaired) electrons. The maximum atomic E-state index is 12.0. The lowest BCUT2D eigenvalue weighted by molar-refractivity contribution is 0.189. The van der Waals surface area contributed by atoms with Gasteiger partial charge in [0.2, 0.25) is 0 Å². The van der Waals surface area contributed by atoms with Crippen molar-refractivity contribution in [2.24, 2.45) is 5.92 Å². The Labute approximate surface area is 110 Å². The first-order valence-corrected chi connectivity index (χ1v) is 6.14. The van der Waals surface area contributed by atoms with Gasteiger partial charge in [-0.1, -0.05) is 11.6 Å². The van der Waals surface area contributed by atoms with Crippen LogP contribution >= 0.6 is 11.6 Å². The first-order chi connectivity index (χ1) is 8.70. The van der Waals surface area contributed by atoms with E-state index in [0.29, 0.717) is 18.8 Å². The van der Waals surface area contributed by atoms with Crippen molar-refractivity contribution in [2.45, 2.75) is 12.8 Å². The van der Waals surface area contributed by atoms with Gasteiger partial charge in [-0.25, -0.2) is 9.78 Å². The average molecular weight is 265 g/mol. The summed E-state index contributed by atoms with van der Waals surface area (Å²) in [5.74, 6) is -0.0751. The number of nitrogens with one attached hydrogen (secondary N) is 1. The molecule has 1 saturated heterocycles. The SMILES string of the molecule is N#C[C@@H]1CCCN(C(=O)Nc2cccnc2Cl)C1. The van der Waals surface area contributed by atoms with Gasteiger partial charge in [-0.05, 0) is 25.0 Å². The third-order valence-electron chi connectivity index (χ3n) is 2.89. The number of carbonyl (C=O) groups excluding carboxylic acids is 1. The highest BCUT2D eigenvalue weighted by Crippen LogP contribution is 2.20. The minimum Gasteiger partial charge on any atom is -0.323 e. The van der Waals surface area contributed by atoms with E-state index in [4.69, 9.17) is 16.9 Å². The normalized spacial score (nSPS) is 19.1. The van der Waals surface area contributed by atoms with Gasteiger partial charge < -0.3 is 10.2 Å². The highest BCUT2D eigenvalue weighted by molar-refractivity contribution is 6.32. The summed E-state index contributed by atoms with van der Waals surface area (Å²) in [5.41, 5.74) is 0.489. The van der Waals surface area contributed by atoms with Gasteiger partial charge >= 0.3 is 6.03 Å². The number of nitrogens with zero attached hydrogens (tertiary/aromatic N) is 3. The van der Waals surface area contributed by atoms with Crippen LogP contribution in [0.1, 0.15) is 12.8 Å². The predicted molar refractivity (Wildman–Crippen MR) is 68.2 cm³/mol. The standard InChI is InChI=1S/C12H13ClN4O/c13-11-10(4-1-5-15-11)16-12(18)17-6-2-3-9(7-14)8-17/h1,4-5,9H,2-3,6,8H2,(H,16,18)/t9-/m0/s1. The van der Waals surface area contributed by atoms with Crippen LogP contribution in [0.2, 0.25) is 5.15 Å². The number of urea groups is 1. The van der Waals surface area contributed by atoms with Crippen molar-refractivity contribution in [2.75, 3.05) is 18.4 Å². The molecule has 1 N–H and O–H groups in total. The van der Waals surface area contributed by atoms with Gasteiger partial charge in [0.1, 0.15) is 0 Å². The molecule has 0 bridgehead atoms. The van der Waals surface area contributed by atoms with Gasteiger partial charge in [0.05, 0.1) is 17.7 Å². The van der Waals surface area contributed by atoms with Crippen LogP contribution in [0.25, 0.3) is 0 Å². The number of nitriles is 1. The number of halogens is 1. The van der Waals surface area contributed by atoms with E-state index in [1.807, 2.05) is 0 Å². The molecule has 1 aromatic heterocycles. The van der Waals surface area contributed by atoms with Gasteiger partial charge in [0, 0.05) is 19.3 Å². The molecule has 2 rings (SSSR count). The first-order valence-electron chi connectivity index (χ1n) is 5.77. The highest BCUT2D eigenvalue weighted by atomic mass is 35.5. The van der Waals surface area contributed by atoms with Gasteiger partial charge in [0.25, 0.3) is 0 Å². The van der Waals surface area contributed by atoms with Crippen molar-refractivity contribution in [3.63, 3.8) is 0 Å². The third-order valence-corrected chi connectivity index (χ3v) is 3.19. The fourth-order valence-electron chi connectivity index (χ4n) is 1.94. The summed E-state index contributed by atoms with van der Waals surface area (Å²) >= 11 is 5.87. The number of anilines is 1. The molecule has 2 heterocycles. The highest BCUT2D eigenvalue weighted by Gasteiger charge is 2.23. The summed E-state index contributed by atoms with van der Waals surface area (Å²) in [7, 11) is 0. The Kier molecular flexibility index (Phi) is 4.00. The maximum Gasteiger partial charge on any atom is 0.321 e. The largest absolute Gasteiger partial charge is 0.323 e. The molecule has 2 amide bonds. The molecule has 5 nitrogen and oxygen atoms in total. The lowest BCUT2D eigenvalue weighted by Gasteiger charge is -2.29. The lowest BCUT2D eigenvalue weighted by Crippen LogP contribution is -2.42. The quantitative estimate of drug-likeness (QED) is 0.793. The molecule has 1 aliphatic heterocycles. The van der Waals surface area contributed by atoms with Crippen LogP contribution in [0.15, 0.2) is 18.3 Å². The van der Waals surface area contributed by atoms with Crippen LogP contribution in [0.5, 0.6) is 0 Å². The zero-order valence-electron chi connectivity index (χ0n) is 9.77. The van der Waals surface area contributed by atoms with E-state index in [2.05, 4.69) is 16.4 Å².